The van der Waals surface area contributed by atoms with Gasteiger partial charge in [-0.05, 0) is 33.6 Å². The fourth-order valence-corrected chi connectivity index (χ4v) is 2.48. The number of hydrogen-bond donors (Lipinski definition) is 0. The van der Waals surface area contributed by atoms with Crippen molar-refractivity contribution in [3.05, 3.63) is 33.1 Å². The number of thiazole rings is 1. The maximum atomic E-state index is 5.02. The molecule has 0 aliphatic heterocycles. The van der Waals surface area contributed by atoms with Crippen LogP contribution in [-0.4, -0.2) is 10.1 Å². The Morgan fingerprint density at radius 3 is 2.60 bits per heavy atom. The SMILES string of the molecule is Cc1nc(CCc2cnoc2C)c(C)s1. The predicted molar refractivity (Wildman–Crippen MR) is 60.2 cm³/mol. The molecular formula is C11H14N2OS. The molecule has 0 N–H and O–H groups in total. The van der Waals surface area contributed by atoms with E-state index in [1.807, 2.05) is 13.8 Å². The summed E-state index contributed by atoms with van der Waals surface area (Å²) in [6, 6.07) is 0. The number of rotatable bonds is 3. The first-order valence-corrected chi connectivity index (χ1v) is 5.81. The van der Waals surface area contributed by atoms with Crippen LogP contribution in [0.1, 0.15) is 26.9 Å². The second-order valence-electron chi connectivity index (χ2n) is 3.64. The summed E-state index contributed by atoms with van der Waals surface area (Å²) in [6.07, 6.45) is 3.72. The summed E-state index contributed by atoms with van der Waals surface area (Å²) in [5.41, 5.74) is 2.39. The normalized spacial score (nSPS) is 10.9. The van der Waals surface area contributed by atoms with Crippen molar-refractivity contribution in [1.29, 1.82) is 0 Å². The van der Waals surface area contributed by atoms with Gasteiger partial charge in [-0.3, -0.25) is 0 Å². The molecule has 0 atom stereocenters. The lowest BCUT2D eigenvalue weighted by molar-refractivity contribution is 0.396. The fraction of sp³-hybridized carbons (Fsp3) is 0.455. The minimum atomic E-state index is 0.916. The summed E-state index contributed by atoms with van der Waals surface area (Å²) in [7, 11) is 0. The van der Waals surface area contributed by atoms with E-state index in [0.29, 0.717) is 0 Å². The van der Waals surface area contributed by atoms with Crippen molar-refractivity contribution in [2.45, 2.75) is 33.6 Å². The highest BCUT2D eigenvalue weighted by Gasteiger charge is 2.07. The molecule has 2 rings (SSSR count). The van der Waals surface area contributed by atoms with Crippen molar-refractivity contribution in [2.75, 3.05) is 0 Å². The summed E-state index contributed by atoms with van der Waals surface area (Å²) in [5, 5.41) is 4.91. The third kappa shape index (κ3) is 2.26. The molecule has 0 bridgehead atoms. The van der Waals surface area contributed by atoms with Crippen LogP contribution in [0.5, 0.6) is 0 Å². The van der Waals surface area contributed by atoms with Gasteiger partial charge in [0.15, 0.2) is 0 Å². The van der Waals surface area contributed by atoms with E-state index in [-0.39, 0.29) is 0 Å². The minimum Gasteiger partial charge on any atom is -0.361 e. The number of nitrogens with zero attached hydrogens (tertiary/aromatic N) is 2. The lowest BCUT2D eigenvalue weighted by Crippen LogP contribution is -1.93. The average Bonchev–Trinajstić information content (AvgIpc) is 2.70. The van der Waals surface area contributed by atoms with Gasteiger partial charge < -0.3 is 4.52 Å². The maximum absolute atomic E-state index is 5.02. The van der Waals surface area contributed by atoms with Crippen molar-refractivity contribution in [3.8, 4) is 0 Å². The first-order valence-electron chi connectivity index (χ1n) is 5.00. The first kappa shape index (κ1) is 10.4. The monoisotopic (exact) mass is 222 g/mol. The number of aryl methyl sites for hydroxylation is 5. The molecule has 0 saturated carbocycles. The van der Waals surface area contributed by atoms with Gasteiger partial charge in [0, 0.05) is 10.4 Å². The van der Waals surface area contributed by atoms with Crippen LogP contribution in [0.25, 0.3) is 0 Å². The summed E-state index contributed by atoms with van der Waals surface area (Å²) >= 11 is 1.76. The van der Waals surface area contributed by atoms with Crippen molar-refractivity contribution < 1.29 is 4.52 Å². The van der Waals surface area contributed by atoms with Crippen LogP contribution < -0.4 is 0 Å². The molecule has 3 nitrogen and oxygen atoms in total. The van der Waals surface area contributed by atoms with E-state index in [1.165, 1.54) is 16.1 Å². The highest BCUT2D eigenvalue weighted by molar-refractivity contribution is 7.11. The Bertz CT molecular complexity index is 459. The van der Waals surface area contributed by atoms with Crippen LogP contribution >= 0.6 is 11.3 Å². The van der Waals surface area contributed by atoms with Crippen LogP contribution in [0.3, 0.4) is 0 Å². The van der Waals surface area contributed by atoms with Crippen LogP contribution in [0, 0.1) is 20.8 Å². The summed E-state index contributed by atoms with van der Waals surface area (Å²) < 4.78 is 5.02. The molecule has 0 aliphatic rings. The van der Waals surface area contributed by atoms with E-state index >= 15 is 0 Å². The van der Waals surface area contributed by atoms with Gasteiger partial charge in [0.25, 0.3) is 0 Å². The zero-order valence-corrected chi connectivity index (χ0v) is 10.0. The molecule has 4 heteroatoms. The Balaban J connectivity index is 2.05. The Morgan fingerprint density at radius 1 is 1.27 bits per heavy atom. The molecule has 0 aliphatic carbocycles. The molecule has 0 unspecified atom stereocenters. The molecule has 0 radical (unpaired) electrons. The Kier molecular flexibility index (Phi) is 2.86. The summed E-state index contributed by atoms with van der Waals surface area (Å²) in [6.45, 7) is 6.12. The molecular weight excluding hydrogens is 208 g/mol. The highest BCUT2D eigenvalue weighted by Crippen LogP contribution is 2.18. The molecule has 0 spiro atoms. The van der Waals surface area contributed by atoms with E-state index in [1.54, 1.807) is 17.5 Å². The third-order valence-corrected chi connectivity index (χ3v) is 3.41. The summed E-state index contributed by atoms with van der Waals surface area (Å²) in [5.74, 6) is 0.916. The summed E-state index contributed by atoms with van der Waals surface area (Å²) in [4.78, 5) is 5.83. The number of aromatic nitrogens is 2. The van der Waals surface area contributed by atoms with Gasteiger partial charge in [-0.1, -0.05) is 5.16 Å². The predicted octanol–water partition coefficient (Wildman–Crippen LogP) is 2.84. The van der Waals surface area contributed by atoms with Crippen molar-refractivity contribution >= 4 is 11.3 Å². The van der Waals surface area contributed by atoms with Crippen LogP contribution in [0.2, 0.25) is 0 Å². The largest absolute Gasteiger partial charge is 0.361 e. The van der Waals surface area contributed by atoms with Crippen molar-refractivity contribution in [1.82, 2.24) is 10.1 Å². The van der Waals surface area contributed by atoms with Crippen LogP contribution in [-0.2, 0) is 12.8 Å². The average molecular weight is 222 g/mol. The molecule has 0 aromatic carbocycles. The minimum absolute atomic E-state index is 0.916. The lowest BCUT2D eigenvalue weighted by Gasteiger charge is -1.96. The number of hydrogen-bond acceptors (Lipinski definition) is 4. The molecule has 2 aromatic heterocycles. The van der Waals surface area contributed by atoms with Gasteiger partial charge in [0.1, 0.15) is 5.76 Å². The zero-order chi connectivity index (χ0) is 10.8. The lowest BCUT2D eigenvalue weighted by atomic mass is 10.1. The van der Waals surface area contributed by atoms with Crippen LogP contribution in [0.4, 0.5) is 0 Å². The molecule has 0 saturated heterocycles. The Labute approximate surface area is 93.1 Å². The Morgan fingerprint density at radius 2 is 2.07 bits per heavy atom. The van der Waals surface area contributed by atoms with Gasteiger partial charge in [-0.2, -0.15) is 0 Å². The smallest absolute Gasteiger partial charge is 0.136 e. The van der Waals surface area contributed by atoms with Gasteiger partial charge >= 0.3 is 0 Å². The van der Waals surface area contributed by atoms with Crippen LogP contribution in [0.15, 0.2) is 10.7 Å². The quantitative estimate of drug-likeness (QED) is 0.801. The molecule has 0 amide bonds. The van der Waals surface area contributed by atoms with E-state index in [0.717, 1.165) is 23.6 Å². The second-order valence-corrected chi connectivity index (χ2v) is 5.05. The molecule has 2 heterocycles. The second kappa shape index (κ2) is 4.14. The van der Waals surface area contributed by atoms with E-state index in [4.69, 9.17) is 4.52 Å². The first-order chi connectivity index (χ1) is 7.16. The van der Waals surface area contributed by atoms with E-state index < -0.39 is 0 Å². The zero-order valence-electron chi connectivity index (χ0n) is 9.20. The molecule has 80 valence electrons. The molecule has 15 heavy (non-hydrogen) atoms. The van der Waals surface area contributed by atoms with E-state index in [9.17, 15) is 0 Å². The van der Waals surface area contributed by atoms with Gasteiger partial charge in [-0.15, -0.1) is 11.3 Å². The Hall–Kier alpha value is -1.16. The topological polar surface area (TPSA) is 38.9 Å². The maximum Gasteiger partial charge on any atom is 0.136 e. The molecule has 2 aromatic rings. The third-order valence-electron chi connectivity index (χ3n) is 2.48. The highest BCUT2D eigenvalue weighted by atomic mass is 32.1. The van der Waals surface area contributed by atoms with Crippen molar-refractivity contribution in [2.24, 2.45) is 0 Å². The van der Waals surface area contributed by atoms with E-state index in [2.05, 4.69) is 17.1 Å². The van der Waals surface area contributed by atoms with Crippen molar-refractivity contribution in [3.63, 3.8) is 0 Å². The van der Waals surface area contributed by atoms with Gasteiger partial charge in [0.2, 0.25) is 0 Å². The van der Waals surface area contributed by atoms with Gasteiger partial charge in [-0.25, -0.2) is 4.98 Å². The fourth-order valence-electron chi connectivity index (χ4n) is 1.62. The van der Waals surface area contributed by atoms with Gasteiger partial charge in [0.05, 0.1) is 16.9 Å². The standard InChI is InChI=1S/C11H14N2OS/c1-7-10(6-12-14-7)4-5-11-8(2)15-9(3)13-11/h6H,4-5H2,1-3H3. The molecule has 0 fully saturated rings.